The first kappa shape index (κ1) is 74.9. The van der Waals surface area contributed by atoms with E-state index < -0.39 is 26.6 Å². The number of hydrogen-bond donors (Lipinski definition) is 2. The van der Waals surface area contributed by atoms with Gasteiger partial charge in [-0.15, -0.1) is 0 Å². The Bertz CT molecular complexity index is 1480. The molecular weight excluding hydrogens is 972 g/mol. The molecule has 77 heavy (non-hydrogen) atoms. The van der Waals surface area contributed by atoms with Gasteiger partial charge in [0.15, 0.2) is 0 Å². The van der Waals surface area contributed by atoms with Gasteiger partial charge < -0.3 is 28.8 Å². The number of rotatable bonds is 60. The minimum absolute atomic E-state index is 0.00877. The topological polar surface area (TPSA) is 108 Å². The van der Waals surface area contributed by atoms with E-state index in [1.165, 1.54) is 218 Å². The van der Waals surface area contributed by atoms with E-state index >= 15 is 0 Å². The normalized spacial score (nSPS) is 14.2. The fraction of sp³-hybridized carbons (Fsp3) is 0.809. The molecule has 0 aliphatic heterocycles. The molecule has 0 spiro atoms. The first-order valence-electron chi connectivity index (χ1n) is 32.8. The zero-order chi connectivity index (χ0) is 56.3. The molecule has 2 N–H and O–H groups in total. The second kappa shape index (κ2) is 58.6. The molecule has 0 aromatic carbocycles. The molecule has 0 fully saturated rings. The van der Waals surface area contributed by atoms with Crippen molar-refractivity contribution in [1.29, 1.82) is 0 Å². The summed E-state index contributed by atoms with van der Waals surface area (Å²) in [5, 5.41) is 13.9. The highest BCUT2D eigenvalue weighted by atomic mass is 31.2. The van der Waals surface area contributed by atoms with Crippen LogP contribution >= 0.6 is 7.82 Å². The number of nitrogens with zero attached hydrogens (tertiary/aromatic N) is 1. The molecule has 0 radical (unpaired) electrons. The number of allylic oxidation sites excluding steroid dienone is 11. The van der Waals surface area contributed by atoms with E-state index in [1.807, 2.05) is 27.2 Å². The fourth-order valence-corrected chi connectivity index (χ4v) is 10.3. The van der Waals surface area contributed by atoms with Crippen LogP contribution in [0.2, 0.25) is 0 Å². The molecule has 9 heteroatoms. The quantitative estimate of drug-likeness (QED) is 0.0272. The van der Waals surface area contributed by atoms with Gasteiger partial charge in [-0.25, -0.2) is 0 Å². The lowest BCUT2D eigenvalue weighted by Gasteiger charge is -2.29. The van der Waals surface area contributed by atoms with Gasteiger partial charge in [0.05, 0.1) is 39.9 Å². The van der Waals surface area contributed by atoms with E-state index in [4.69, 9.17) is 9.05 Å². The number of carbonyl (C=O) groups is 1. The van der Waals surface area contributed by atoms with E-state index in [1.54, 1.807) is 6.08 Å². The maximum Gasteiger partial charge on any atom is 0.268 e. The lowest BCUT2D eigenvalue weighted by molar-refractivity contribution is -0.870. The molecule has 1 amide bonds. The number of phosphoric ester groups is 1. The van der Waals surface area contributed by atoms with Gasteiger partial charge in [0.1, 0.15) is 13.2 Å². The Labute approximate surface area is 478 Å². The average molecular weight is 1100 g/mol. The summed E-state index contributed by atoms with van der Waals surface area (Å²) in [7, 11) is 1.24. The van der Waals surface area contributed by atoms with E-state index in [-0.39, 0.29) is 12.5 Å². The highest BCUT2D eigenvalue weighted by Crippen LogP contribution is 2.38. The molecule has 0 saturated carbocycles. The molecular formula is C68H127N2O6P. The number of quaternary nitrogens is 1. The predicted octanol–water partition coefficient (Wildman–Crippen LogP) is 20.0. The zero-order valence-corrected chi connectivity index (χ0v) is 52.3. The van der Waals surface area contributed by atoms with Crippen LogP contribution < -0.4 is 10.2 Å². The Balaban J connectivity index is 4.15. The van der Waals surface area contributed by atoms with Crippen molar-refractivity contribution in [3.8, 4) is 0 Å². The molecule has 0 heterocycles. The second-order valence-corrected chi connectivity index (χ2v) is 24.8. The van der Waals surface area contributed by atoms with Gasteiger partial charge >= 0.3 is 0 Å². The van der Waals surface area contributed by atoms with Crippen LogP contribution in [-0.2, 0) is 18.4 Å². The second-order valence-electron chi connectivity index (χ2n) is 23.4. The smallest absolute Gasteiger partial charge is 0.268 e. The lowest BCUT2D eigenvalue weighted by atomic mass is 10.0. The van der Waals surface area contributed by atoms with Crippen molar-refractivity contribution in [2.75, 3.05) is 40.9 Å². The SMILES string of the molecule is CC/C=C\C/C=C\C/C=C\C/C=C\CCCCCCCCCCCCCCC(=O)NC(COP(=O)([O-])OCC[N+](C)(C)C)C(O)/C=C/CC/C=C/CCCCCCCCCCCCCCCCCCCCCCCCCC. The van der Waals surface area contributed by atoms with Crippen LogP contribution in [0.3, 0.4) is 0 Å². The van der Waals surface area contributed by atoms with Crippen molar-refractivity contribution in [3.05, 3.63) is 72.9 Å². The third-order valence-corrected chi connectivity index (χ3v) is 15.6. The number of hydrogen-bond acceptors (Lipinski definition) is 6. The third-order valence-electron chi connectivity index (χ3n) is 14.7. The predicted molar refractivity (Wildman–Crippen MR) is 334 cm³/mol. The van der Waals surface area contributed by atoms with Gasteiger partial charge in [0.25, 0.3) is 7.82 Å². The van der Waals surface area contributed by atoms with Gasteiger partial charge in [0.2, 0.25) is 5.91 Å². The summed E-state index contributed by atoms with van der Waals surface area (Å²) in [4.78, 5) is 25.6. The van der Waals surface area contributed by atoms with Crippen molar-refractivity contribution >= 4 is 13.7 Å². The van der Waals surface area contributed by atoms with Crippen molar-refractivity contribution in [2.45, 2.75) is 315 Å². The van der Waals surface area contributed by atoms with E-state index in [9.17, 15) is 19.4 Å². The van der Waals surface area contributed by atoms with Crippen molar-refractivity contribution in [1.82, 2.24) is 5.32 Å². The molecule has 3 atom stereocenters. The maximum absolute atomic E-state index is 13.0. The first-order chi connectivity index (χ1) is 37.5. The van der Waals surface area contributed by atoms with Crippen LogP contribution in [0.15, 0.2) is 72.9 Å². The van der Waals surface area contributed by atoms with Gasteiger partial charge in [-0.05, 0) is 70.6 Å². The van der Waals surface area contributed by atoms with Crippen LogP contribution in [0.1, 0.15) is 303 Å². The van der Waals surface area contributed by atoms with Crippen LogP contribution in [0.4, 0.5) is 0 Å². The van der Waals surface area contributed by atoms with Gasteiger partial charge in [-0.3, -0.25) is 9.36 Å². The van der Waals surface area contributed by atoms with Crippen LogP contribution in [0, 0.1) is 0 Å². The molecule has 0 bridgehead atoms. The molecule has 8 nitrogen and oxygen atoms in total. The zero-order valence-electron chi connectivity index (χ0n) is 51.4. The number of likely N-dealkylation sites (N-methyl/N-ethyl adjacent to an activating group) is 1. The number of nitrogens with one attached hydrogen (secondary N) is 1. The summed E-state index contributed by atoms with van der Waals surface area (Å²) in [5.41, 5.74) is 0. The van der Waals surface area contributed by atoms with Crippen molar-refractivity contribution in [3.63, 3.8) is 0 Å². The van der Waals surface area contributed by atoms with E-state index in [0.717, 1.165) is 64.2 Å². The summed E-state index contributed by atoms with van der Waals surface area (Å²) in [6.45, 7) is 4.55. The summed E-state index contributed by atoms with van der Waals surface area (Å²) >= 11 is 0. The molecule has 0 aliphatic rings. The minimum atomic E-state index is -4.61. The molecule has 0 aliphatic carbocycles. The number of aliphatic hydroxyl groups excluding tert-OH is 1. The average Bonchev–Trinajstić information content (AvgIpc) is 3.39. The largest absolute Gasteiger partial charge is 0.756 e. The Hall–Kier alpha value is -2.06. The number of carbonyl (C=O) groups excluding carboxylic acids is 1. The number of amides is 1. The first-order valence-corrected chi connectivity index (χ1v) is 34.3. The number of aliphatic hydroxyl groups is 1. The van der Waals surface area contributed by atoms with Crippen LogP contribution in [0.25, 0.3) is 0 Å². The molecule has 0 aromatic rings. The van der Waals surface area contributed by atoms with Crippen molar-refractivity contribution in [2.24, 2.45) is 0 Å². The highest BCUT2D eigenvalue weighted by Gasteiger charge is 2.23. The Morgan fingerprint density at radius 2 is 0.805 bits per heavy atom. The number of phosphoric acid groups is 1. The molecule has 0 aromatic heterocycles. The Morgan fingerprint density at radius 1 is 0.468 bits per heavy atom. The fourth-order valence-electron chi connectivity index (χ4n) is 9.58. The molecule has 0 rings (SSSR count). The van der Waals surface area contributed by atoms with Gasteiger partial charge in [-0.2, -0.15) is 0 Å². The summed E-state index contributed by atoms with van der Waals surface area (Å²) in [6, 6.07) is -0.910. The monoisotopic (exact) mass is 1100 g/mol. The molecule has 3 unspecified atom stereocenters. The molecule has 0 saturated heterocycles. The van der Waals surface area contributed by atoms with Crippen molar-refractivity contribution < 1.29 is 32.9 Å². The van der Waals surface area contributed by atoms with Gasteiger partial charge in [-0.1, -0.05) is 299 Å². The van der Waals surface area contributed by atoms with Crippen LogP contribution in [-0.4, -0.2) is 68.5 Å². The third kappa shape index (κ3) is 61.4. The Kier molecular flexibility index (Phi) is 57.0. The van der Waals surface area contributed by atoms with Crippen LogP contribution in [0.5, 0.6) is 0 Å². The Morgan fingerprint density at radius 3 is 1.21 bits per heavy atom. The summed E-state index contributed by atoms with van der Waals surface area (Å²) in [6.07, 6.45) is 81.6. The summed E-state index contributed by atoms with van der Waals surface area (Å²) in [5.74, 6) is -0.208. The van der Waals surface area contributed by atoms with E-state index in [0.29, 0.717) is 17.4 Å². The van der Waals surface area contributed by atoms with E-state index in [2.05, 4.69) is 79.9 Å². The standard InChI is InChI=1S/C68H127N2O6P/c1-6-8-10-12-14-16-18-20-22-24-26-28-30-32-33-34-35-36-38-39-41-43-45-47-49-51-53-55-57-59-61-67(71)66(65-76-77(73,74)75-64-63-70(3,4)5)69-68(72)62-60-58-56-54-52-50-48-46-44-42-40-37-31-29-27-25-23-21-19-17-15-13-11-9-7-2/h9,11,15,17,21,23,27,29,51,53,59,61,66-67,71H,6-8,10,12-14,16,18-20,22,24-26,28,30-50,52,54-58,60,62-65H2,1-5H3,(H-,69,72,73,74)/b11-9-,17-15-,23-21-,29-27-,53-51+,61-59+. The number of unbranched alkanes of at least 4 members (excludes halogenated alkanes) is 37. The maximum atomic E-state index is 13.0. The van der Waals surface area contributed by atoms with Gasteiger partial charge in [0, 0.05) is 6.42 Å². The highest BCUT2D eigenvalue weighted by molar-refractivity contribution is 7.45. The minimum Gasteiger partial charge on any atom is -0.756 e. The lowest BCUT2D eigenvalue weighted by Crippen LogP contribution is -2.45. The molecule has 450 valence electrons. The summed E-state index contributed by atoms with van der Waals surface area (Å²) < 4.78 is 23.4.